The van der Waals surface area contributed by atoms with Gasteiger partial charge in [0.2, 0.25) is 0 Å². The summed E-state index contributed by atoms with van der Waals surface area (Å²) in [7, 11) is 0. The number of amides is 2. The molecule has 1 saturated heterocycles. The molecule has 1 aliphatic rings. The second-order valence-electron chi connectivity index (χ2n) is 9.47. The number of carbonyl (C=O) groups is 2. The van der Waals surface area contributed by atoms with Gasteiger partial charge in [-0.3, -0.25) is 24.6 Å². The van der Waals surface area contributed by atoms with Crippen LogP contribution in [0.25, 0.3) is 11.3 Å². The van der Waals surface area contributed by atoms with Gasteiger partial charge in [-0.15, -0.1) is 0 Å². The zero-order valence-corrected chi connectivity index (χ0v) is 21.8. The number of furan rings is 1. The summed E-state index contributed by atoms with van der Waals surface area (Å²) >= 11 is 0. The fraction of sp³-hybridized carbons (Fsp3) is 0.345. The maximum absolute atomic E-state index is 13.1. The van der Waals surface area contributed by atoms with Crippen molar-refractivity contribution >= 4 is 23.7 Å². The van der Waals surface area contributed by atoms with Gasteiger partial charge < -0.3 is 9.73 Å². The van der Waals surface area contributed by atoms with Crippen molar-refractivity contribution < 1.29 is 18.9 Å². The Balaban J connectivity index is 1.29. The summed E-state index contributed by atoms with van der Waals surface area (Å²) in [5.41, 5.74) is 3.85. The number of benzene rings is 2. The summed E-state index contributed by atoms with van der Waals surface area (Å²) in [6.45, 7) is 2.29. The second kappa shape index (κ2) is 14.0. The number of nitrogens with zero attached hydrogens (tertiary/aromatic N) is 3. The highest BCUT2D eigenvalue weighted by molar-refractivity contribution is 5.94. The van der Waals surface area contributed by atoms with Crippen LogP contribution in [0.4, 0.5) is 5.69 Å². The van der Waals surface area contributed by atoms with E-state index >= 15 is 0 Å². The van der Waals surface area contributed by atoms with Crippen molar-refractivity contribution in [3.05, 3.63) is 88.2 Å². The van der Waals surface area contributed by atoms with Gasteiger partial charge in [0.05, 0.1) is 17.2 Å². The molecule has 0 bridgehead atoms. The largest absolute Gasteiger partial charge is 0.455 e. The minimum atomic E-state index is -0.454. The van der Waals surface area contributed by atoms with Gasteiger partial charge in [-0.1, -0.05) is 36.8 Å². The first-order chi connectivity index (χ1) is 19.0. The van der Waals surface area contributed by atoms with Crippen LogP contribution in [0.2, 0.25) is 0 Å². The van der Waals surface area contributed by atoms with E-state index in [-0.39, 0.29) is 23.5 Å². The Morgan fingerprint density at radius 1 is 1.03 bits per heavy atom. The molecule has 0 radical (unpaired) electrons. The van der Waals surface area contributed by atoms with Crippen molar-refractivity contribution in [3.63, 3.8) is 0 Å². The van der Waals surface area contributed by atoms with Crippen LogP contribution in [-0.4, -0.2) is 53.5 Å². The van der Waals surface area contributed by atoms with E-state index in [4.69, 9.17) is 4.42 Å². The normalized spacial score (nSPS) is 14.7. The van der Waals surface area contributed by atoms with Crippen molar-refractivity contribution in [1.29, 1.82) is 0 Å². The molecule has 3 aromatic rings. The number of nitrogens with one attached hydrogen (secondary N) is 2. The molecule has 0 aliphatic carbocycles. The van der Waals surface area contributed by atoms with Gasteiger partial charge in [0, 0.05) is 29.8 Å². The van der Waals surface area contributed by atoms with E-state index in [0.717, 1.165) is 38.8 Å². The third-order valence-corrected chi connectivity index (χ3v) is 6.69. The van der Waals surface area contributed by atoms with Gasteiger partial charge in [-0.05, 0) is 69.5 Å². The van der Waals surface area contributed by atoms with E-state index in [9.17, 15) is 19.7 Å². The summed E-state index contributed by atoms with van der Waals surface area (Å²) in [6.07, 6.45) is 6.94. The molecule has 4 rings (SSSR count). The quantitative estimate of drug-likeness (QED) is 0.150. The van der Waals surface area contributed by atoms with Crippen LogP contribution >= 0.6 is 0 Å². The first kappa shape index (κ1) is 27.7. The predicted octanol–water partition coefficient (Wildman–Crippen LogP) is 4.76. The number of piperidine rings is 1. The number of nitro benzene ring substituents is 1. The lowest BCUT2D eigenvalue weighted by Gasteiger charge is -2.33. The molecule has 2 amide bonds. The minimum Gasteiger partial charge on any atom is -0.455 e. The lowest BCUT2D eigenvalue weighted by Crippen LogP contribution is -2.47. The van der Waals surface area contributed by atoms with Crippen LogP contribution in [0.3, 0.4) is 0 Å². The van der Waals surface area contributed by atoms with E-state index < -0.39 is 4.92 Å². The smallest absolute Gasteiger partial charge is 0.270 e. The van der Waals surface area contributed by atoms with Gasteiger partial charge in [0.15, 0.2) is 0 Å². The minimum absolute atomic E-state index is 0.0197. The van der Waals surface area contributed by atoms with Crippen LogP contribution in [-0.2, 0) is 4.79 Å². The Hall–Kier alpha value is -4.31. The molecule has 10 nitrogen and oxygen atoms in total. The number of unbranched alkanes of at least 4 members (excludes halogenated alkanes) is 1. The van der Waals surface area contributed by atoms with Crippen molar-refractivity contribution in [2.45, 2.75) is 44.6 Å². The van der Waals surface area contributed by atoms with Crippen molar-refractivity contribution in [3.8, 4) is 11.3 Å². The Morgan fingerprint density at radius 2 is 1.82 bits per heavy atom. The number of non-ortho nitro benzene ring substituents is 1. The highest BCUT2D eigenvalue weighted by atomic mass is 16.6. The first-order valence-electron chi connectivity index (χ1n) is 13.3. The molecule has 2 heterocycles. The standard InChI is InChI=1S/C29H33N5O5/c35-28(22-10-3-1-4-11-22)30-17-6-5-14-26(33-18-7-2-8-19-33)29(36)32-31-21-25-15-16-27(39-25)23-12-9-13-24(20-23)34(37)38/h1,3-4,9-13,15-16,20-21,26H,2,5-8,14,17-19H2,(H,30,35)(H,32,36). The summed E-state index contributed by atoms with van der Waals surface area (Å²) in [5, 5.41) is 18.1. The van der Waals surface area contributed by atoms with E-state index in [0.29, 0.717) is 35.6 Å². The average molecular weight is 532 g/mol. The van der Waals surface area contributed by atoms with Gasteiger partial charge in [-0.25, -0.2) is 5.43 Å². The molecule has 1 fully saturated rings. The fourth-order valence-corrected chi connectivity index (χ4v) is 4.65. The number of rotatable bonds is 12. The van der Waals surface area contributed by atoms with Crippen LogP contribution < -0.4 is 10.7 Å². The van der Waals surface area contributed by atoms with Crippen molar-refractivity contribution in [1.82, 2.24) is 15.6 Å². The maximum Gasteiger partial charge on any atom is 0.270 e. The number of likely N-dealkylation sites (tertiary alicyclic amines) is 1. The number of hydrogen-bond donors (Lipinski definition) is 2. The predicted molar refractivity (Wildman–Crippen MR) is 148 cm³/mol. The number of hydrogen-bond acceptors (Lipinski definition) is 7. The third-order valence-electron chi connectivity index (χ3n) is 6.69. The average Bonchev–Trinajstić information content (AvgIpc) is 3.44. The molecule has 204 valence electrons. The highest BCUT2D eigenvalue weighted by Gasteiger charge is 2.26. The number of nitro groups is 1. The summed E-state index contributed by atoms with van der Waals surface area (Å²) in [6, 6.07) is 18.4. The first-order valence-corrected chi connectivity index (χ1v) is 13.3. The van der Waals surface area contributed by atoms with Crippen LogP contribution in [0.1, 0.15) is 54.6 Å². The monoisotopic (exact) mass is 531 g/mol. The number of carbonyl (C=O) groups excluding carboxylic acids is 2. The molecule has 2 N–H and O–H groups in total. The Kier molecular flexibility index (Phi) is 9.96. The summed E-state index contributed by atoms with van der Waals surface area (Å²) < 4.78 is 5.74. The lowest BCUT2D eigenvalue weighted by molar-refractivity contribution is -0.384. The lowest BCUT2D eigenvalue weighted by atomic mass is 10.0. The second-order valence-corrected chi connectivity index (χ2v) is 9.47. The van der Waals surface area contributed by atoms with Gasteiger partial charge in [-0.2, -0.15) is 5.10 Å². The molecule has 10 heteroatoms. The van der Waals surface area contributed by atoms with E-state index in [1.807, 2.05) is 18.2 Å². The zero-order valence-electron chi connectivity index (χ0n) is 21.8. The third kappa shape index (κ3) is 8.08. The summed E-state index contributed by atoms with van der Waals surface area (Å²) in [4.78, 5) is 38.1. The Labute approximate surface area is 227 Å². The molecule has 1 aliphatic heterocycles. The van der Waals surface area contributed by atoms with E-state index in [1.165, 1.54) is 24.8 Å². The molecule has 1 atom stereocenters. The molecule has 1 aromatic heterocycles. The molecule has 1 unspecified atom stereocenters. The Morgan fingerprint density at radius 3 is 2.59 bits per heavy atom. The van der Waals surface area contributed by atoms with Gasteiger partial charge in [0.1, 0.15) is 11.5 Å². The Bertz CT molecular complexity index is 1280. The van der Waals surface area contributed by atoms with E-state index in [2.05, 4.69) is 20.7 Å². The van der Waals surface area contributed by atoms with Gasteiger partial charge in [0.25, 0.3) is 17.5 Å². The zero-order chi connectivity index (χ0) is 27.5. The van der Waals surface area contributed by atoms with Gasteiger partial charge >= 0.3 is 0 Å². The molecular weight excluding hydrogens is 498 g/mol. The van der Waals surface area contributed by atoms with E-state index in [1.54, 1.807) is 36.4 Å². The van der Waals surface area contributed by atoms with Crippen LogP contribution in [0.15, 0.2) is 76.2 Å². The highest BCUT2D eigenvalue weighted by Crippen LogP contribution is 2.25. The SMILES string of the molecule is O=C(NCCCCC(C(=O)NN=Cc1ccc(-c2cccc([N+](=O)[O-])c2)o1)N1CCCCC1)c1ccccc1. The van der Waals surface area contributed by atoms with Crippen LogP contribution in [0.5, 0.6) is 0 Å². The topological polar surface area (TPSA) is 130 Å². The molecule has 39 heavy (non-hydrogen) atoms. The fourth-order valence-electron chi connectivity index (χ4n) is 4.65. The van der Waals surface area contributed by atoms with Crippen molar-refractivity contribution in [2.75, 3.05) is 19.6 Å². The maximum atomic E-state index is 13.1. The molecule has 0 spiro atoms. The van der Waals surface area contributed by atoms with Crippen molar-refractivity contribution in [2.24, 2.45) is 5.10 Å². The summed E-state index contributed by atoms with van der Waals surface area (Å²) in [5.74, 6) is 0.617. The van der Waals surface area contributed by atoms with Crippen LogP contribution in [0, 0.1) is 10.1 Å². The molecule has 2 aromatic carbocycles. The number of hydrazone groups is 1. The molecular formula is C29H33N5O5. The molecule has 0 saturated carbocycles.